The highest BCUT2D eigenvalue weighted by Gasteiger charge is 2.36. The van der Waals surface area contributed by atoms with Crippen LogP contribution in [-0.2, 0) is 9.59 Å². The van der Waals surface area contributed by atoms with Crippen LogP contribution in [-0.4, -0.2) is 35.0 Å². The van der Waals surface area contributed by atoms with Crippen LogP contribution in [0.1, 0.15) is 12.5 Å². The third-order valence-corrected chi connectivity index (χ3v) is 4.37. The van der Waals surface area contributed by atoms with Gasteiger partial charge in [0.25, 0.3) is 0 Å². The molecule has 1 heterocycles. The topological polar surface area (TPSA) is 57.6 Å². The van der Waals surface area contributed by atoms with Gasteiger partial charge in [-0.3, -0.25) is 9.59 Å². The molecular weight excluding hydrogens is 313 g/mol. The molecule has 1 aliphatic rings. The average molecular weight is 328 g/mol. The molecule has 1 atom stereocenters. The smallest absolute Gasteiger partial charge is 0.306 e. The van der Waals surface area contributed by atoms with E-state index in [1.165, 1.54) is 6.08 Å². The predicted octanol–water partition coefficient (Wildman–Crippen LogP) is 3.19. The first-order chi connectivity index (χ1) is 9.90. The maximum atomic E-state index is 12.0. The number of carbonyl (C=O) groups excluding carboxylic acids is 1. The van der Waals surface area contributed by atoms with Crippen LogP contribution in [0.2, 0.25) is 10.0 Å². The third kappa shape index (κ3) is 3.57. The second-order valence-corrected chi connectivity index (χ2v) is 5.91. The van der Waals surface area contributed by atoms with Gasteiger partial charge < -0.3 is 10.0 Å². The van der Waals surface area contributed by atoms with Crippen LogP contribution >= 0.6 is 23.2 Å². The fraction of sp³-hybridized carbons (Fsp3) is 0.333. The summed E-state index contributed by atoms with van der Waals surface area (Å²) in [5.74, 6) is -1.41. The summed E-state index contributed by atoms with van der Waals surface area (Å²) in [4.78, 5) is 24.4. The molecule has 0 radical (unpaired) electrons. The molecule has 1 N–H and O–H groups in total. The second kappa shape index (κ2) is 6.50. The first-order valence-corrected chi connectivity index (χ1v) is 7.29. The molecule has 0 spiro atoms. The zero-order chi connectivity index (χ0) is 15.6. The normalized spacial score (nSPS) is 16.8. The van der Waals surface area contributed by atoms with Crippen LogP contribution in [0.4, 0.5) is 0 Å². The Hall–Kier alpha value is -1.52. The summed E-state index contributed by atoms with van der Waals surface area (Å²) in [6.07, 6.45) is 3.00. The molecule has 6 heteroatoms. The highest BCUT2D eigenvalue weighted by atomic mass is 35.5. The van der Waals surface area contributed by atoms with Gasteiger partial charge in [0.05, 0.1) is 5.92 Å². The van der Waals surface area contributed by atoms with Crippen molar-refractivity contribution < 1.29 is 14.7 Å². The van der Waals surface area contributed by atoms with E-state index in [1.807, 2.05) is 0 Å². The van der Waals surface area contributed by atoms with Crippen molar-refractivity contribution in [3.8, 4) is 0 Å². The van der Waals surface area contributed by atoms with E-state index in [4.69, 9.17) is 28.3 Å². The number of hydrogen-bond acceptors (Lipinski definition) is 2. The van der Waals surface area contributed by atoms with Crippen LogP contribution in [0.5, 0.6) is 0 Å². The molecule has 1 amide bonds. The molecule has 0 aromatic heterocycles. The number of carboxylic acid groups (broad SMARTS) is 1. The second-order valence-electron chi connectivity index (χ2n) is 5.10. The first-order valence-electron chi connectivity index (χ1n) is 6.54. The Morgan fingerprint density at radius 3 is 2.43 bits per heavy atom. The Labute approximate surface area is 133 Å². The highest BCUT2D eigenvalue weighted by Crippen LogP contribution is 2.27. The van der Waals surface area contributed by atoms with Gasteiger partial charge >= 0.3 is 5.97 Å². The summed E-state index contributed by atoms with van der Waals surface area (Å²) in [5, 5.41) is 9.87. The molecule has 1 unspecified atom stereocenters. The number of halogens is 2. The maximum absolute atomic E-state index is 12.0. The monoisotopic (exact) mass is 327 g/mol. The summed E-state index contributed by atoms with van der Waals surface area (Å²) in [6.45, 7) is 2.59. The van der Waals surface area contributed by atoms with Crippen LogP contribution in [0.3, 0.4) is 0 Å². The fourth-order valence-electron chi connectivity index (χ4n) is 2.14. The van der Waals surface area contributed by atoms with Gasteiger partial charge in [0, 0.05) is 40.7 Å². The van der Waals surface area contributed by atoms with E-state index < -0.39 is 11.9 Å². The van der Waals surface area contributed by atoms with Gasteiger partial charge in [-0.05, 0) is 18.2 Å². The van der Waals surface area contributed by atoms with Crippen LogP contribution < -0.4 is 0 Å². The summed E-state index contributed by atoms with van der Waals surface area (Å²) in [5.41, 5.74) is 0.602. The number of amides is 1. The third-order valence-electron chi connectivity index (χ3n) is 3.71. The zero-order valence-electron chi connectivity index (χ0n) is 11.4. The van der Waals surface area contributed by atoms with Crippen molar-refractivity contribution >= 4 is 41.2 Å². The van der Waals surface area contributed by atoms with E-state index in [0.717, 1.165) is 0 Å². The van der Waals surface area contributed by atoms with E-state index in [1.54, 1.807) is 36.1 Å². The molecule has 0 aliphatic carbocycles. The Morgan fingerprint density at radius 1 is 1.33 bits per heavy atom. The van der Waals surface area contributed by atoms with Crippen molar-refractivity contribution in [3.63, 3.8) is 0 Å². The largest absolute Gasteiger partial charge is 0.481 e. The van der Waals surface area contributed by atoms with Crippen LogP contribution in [0.25, 0.3) is 6.08 Å². The molecule has 4 nitrogen and oxygen atoms in total. The lowest BCUT2D eigenvalue weighted by Crippen LogP contribution is -2.53. The van der Waals surface area contributed by atoms with E-state index in [0.29, 0.717) is 28.7 Å². The van der Waals surface area contributed by atoms with E-state index >= 15 is 0 Å². The molecule has 0 saturated carbocycles. The van der Waals surface area contributed by atoms with Crippen molar-refractivity contribution in [1.82, 2.24) is 4.90 Å². The standard InChI is InChI=1S/C15H15Cl2NO3/c1-9(15(20)21)10-7-18(8-10)14(19)6-5-11-12(16)3-2-4-13(11)17/h2-6,9-10H,7-8H2,1H3,(H,20,21)/b6-5+. The lowest BCUT2D eigenvalue weighted by atomic mass is 9.87. The van der Waals surface area contributed by atoms with Crippen molar-refractivity contribution in [3.05, 3.63) is 39.9 Å². The predicted molar refractivity (Wildman–Crippen MR) is 82.4 cm³/mol. The molecule has 112 valence electrons. The Kier molecular flexibility index (Phi) is 4.91. The fourth-order valence-corrected chi connectivity index (χ4v) is 2.66. The number of carbonyl (C=O) groups is 2. The first kappa shape index (κ1) is 15.9. The molecule has 1 saturated heterocycles. The number of carboxylic acids is 1. The highest BCUT2D eigenvalue weighted by molar-refractivity contribution is 6.37. The molecule has 0 bridgehead atoms. The Morgan fingerprint density at radius 2 is 1.90 bits per heavy atom. The number of nitrogens with zero attached hydrogens (tertiary/aromatic N) is 1. The quantitative estimate of drug-likeness (QED) is 0.864. The van der Waals surface area contributed by atoms with E-state index in [9.17, 15) is 9.59 Å². The minimum Gasteiger partial charge on any atom is -0.481 e. The van der Waals surface area contributed by atoms with Gasteiger partial charge in [-0.2, -0.15) is 0 Å². The lowest BCUT2D eigenvalue weighted by Gasteiger charge is -2.40. The molecule has 1 aliphatic heterocycles. The van der Waals surface area contributed by atoms with Crippen LogP contribution in [0.15, 0.2) is 24.3 Å². The Balaban J connectivity index is 1.95. The molecule has 1 aromatic carbocycles. The van der Waals surface area contributed by atoms with Gasteiger partial charge in [0.2, 0.25) is 5.91 Å². The van der Waals surface area contributed by atoms with Crippen molar-refractivity contribution in [2.75, 3.05) is 13.1 Å². The lowest BCUT2D eigenvalue weighted by molar-refractivity contribution is -0.148. The average Bonchev–Trinajstić information content (AvgIpc) is 2.36. The van der Waals surface area contributed by atoms with Gasteiger partial charge in [-0.25, -0.2) is 0 Å². The summed E-state index contributed by atoms with van der Waals surface area (Å²) in [7, 11) is 0. The maximum Gasteiger partial charge on any atom is 0.306 e. The molecule has 2 rings (SSSR count). The van der Waals surface area contributed by atoms with Gasteiger partial charge in [0.15, 0.2) is 0 Å². The Bertz CT molecular complexity index is 574. The van der Waals surface area contributed by atoms with Crippen molar-refractivity contribution in [2.24, 2.45) is 11.8 Å². The summed E-state index contributed by atoms with van der Waals surface area (Å²) < 4.78 is 0. The van der Waals surface area contributed by atoms with Crippen molar-refractivity contribution in [2.45, 2.75) is 6.92 Å². The number of aliphatic carboxylic acids is 1. The molecule has 1 aromatic rings. The van der Waals surface area contributed by atoms with Gasteiger partial charge in [-0.15, -0.1) is 0 Å². The SMILES string of the molecule is CC(C(=O)O)C1CN(C(=O)/C=C/c2c(Cl)cccc2Cl)C1. The van der Waals surface area contributed by atoms with E-state index in [-0.39, 0.29) is 11.8 Å². The number of likely N-dealkylation sites (tertiary alicyclic amines) is 1. The van der Waals surface area contributed by atoms with Crippen LogP contribution in [0, 0.1) is 11.8 Å². The zero-order valence-corrected chi connectivity index (χ0v) is 12.9. The number of rotatable bonds is 4. The minimum atomic E-state index is -0.828. The van der Waals surface area contributed by atoms with E-state index in [2.05, 4.69) is 0 Å². The number of hydrogen-bond donors (Lipinski definition) is 1. The summed E-state index contributed by atoms with van der Waals surface area (Å²) >= 11 is 12.0. The molecule has 1 fully saturated rings. The number of benzene rings is 1. The minimum absolute atomic E-state index is 0.0174. The molecule has 21 heavy (non-hydrogen) atoms. The van der Waals surface area contributed by atoms with Gasteiger partial charge in [-0.1, -0.05) is 36.2 Å². The molecular formula is C15H15Cl2NO3. The summed E-state index contributed by atoms with van der Waals surface area (Å²) in [6, 6.07) is 5.13. The van der Waals surface area contributed by atoms with Crippen molar-refractivity contribution in [1.29, 1.82) is 0 Å². The van der Waals surface area contributed by atoms with Gasteiger partial charge in [0.1, 0.15) is 0 Å².